The van der Waals surface area contributed by atoms with Gasteiger partial charge in [0.05, 0.1) is 17.7 Å². The smallest absolute Gasteiger partial charge is 0.131 e. The molecule has 0 amide bonds. The summed E-state index contributed by atoms with van der Waals surface area (Å²) in [5, 5.41) is 22.1. The predicted molar refractivity (Wildman–Crippen MR) is 101 cm³/mol. The quantitative estimate of drug-likeness (QED) is 0.780. The van der Waals surface area contributed by atoms with E-state index in [-0.39, 0.29) is 21.5 Å². The number of aliphatic hydroxyl groups is 1. The fraction of sp³-hybridized carbons (Fsp3) is 0.333. The van der Waals surface area contributed by atoms with Gasteiger partial charge in [0.1, 0.15) is 17.3 Å². The molecule has 0 aliphatic heterocycles. The second-order valence-electron chi connectivity index (χ2n) is 7.08. The van der Waals surface area contributed by atoms with Crippen LogP contribution in [0, 0.1) is 22.6 Å². The number of ether oxygens (including phenoxy) is 1. The van der Waals surface area contributed by atoms with Gasteiger partial charge in [-0.3, -0.25) is 0 Å². The standard InChI is InChI=1S/C21H20FNO2S/c1-3-26(2)18-5-4-17(16-11-21(6-7-21)20(24)19(16)18)25-15-9-13(12-23)8-14(22)10-15/h3-5,8-10,20,24H,6-7,11H2,1-2H3. The fourth-order valence-corrected chi connectivity index (χ4v) is 4.91. The molecular formula is C21H20FNO2S. The minimum Gasteiger partial charge on any atom is -0.457 e. The largest absolute Gasteiger partial charge is 0.457 e. The summed E-state index contributed by atoms with van der Waals surface area (Å²) in [7, 11) is -0.0553. The van der Waals surface area contributed by atoms with Gasteiger partial charge in [-0.05, 0) is 56.7 Å². The van der Waals surface area contributed by atoms with Gasteiger partial charge in [0, 0.05) is 27.5 Å². The van der Waals surface area contributed by atoms with Gasteiger partial charge < -0.3 is 9.84 Å². The SMILES string of the molecule is C/C=S(/C)c1ccc(Oc2cc(F)cc(C#N)c2)c2c1C(O)C1(CC1)C2. The van der Waals surface area contributed by atoms with Crippen LogP contribution < -0.4 is 4.74 Å². The Morgan fingerprint density at radius 2 is 2.12 bits per heavy atom. The second kappa shape index (κ2) is 6.22. The molecule has 2 aromatic carbocycles. The summed E-state index contributed by atoms with van der Waals surface area (Å²) in [5.41, 5.74) is 2.19. The predicted octanol–water partition coefficient (Wildman–Crippen LogP) is 4.94. The molecule has 0 aromatic heterocycles. The Labute approximate surface area is 155 Å². The molecule has 2 unspecified atom stereocenters. The first-order valence-corrected chi connectivity index (χ1v) is 10.3. The molecule has 0 saturated heterocycles. The summed E-state index contributed by atoms with van der Waals surface area (Å²) in [4.78, 5) is 1.16. The first kappa shape index (κ1) is 17.3. The number of aliphatic hydroxyl groups excluding tert-OH is 1. The fourth-order valence-electron chi connectivity index (χ4n) is 3.79. The number of hydrogen-bond donors (Lipinski definition) is 1. The number of halogens is 1. The average molecular weight is 369 g/mol. The molecule has 2 aromatic rings. The van der Waals surface area contributed by atoms with Crippen LogP contribution in [0.15, 0.2) is 35.2 Å². The van der Waals surface area contributed by atoms with E-state index >= 15 is 0 Å². The third-order valence-electron chi connectivity index (χ3n) is 5.48. The topological polar surface area (TPSA) is 53.2 Å². The van der Waals surface area contributed by atoms with Gasteiger partial charge in [0.15, 0.2) is 0 Å². The summed E-state index contributed by atoms with van der Waals surface area (Å²) in [6.07, 6.45) is 4.51. The summed E-state index contributed by atoms with van der Waals surface area (Å²) < 4.78 is 19.7. The molecule has 0 bridgehead atoms. The van der Waals surface area contributed by atoms with Crippen LogP contribution in [0.4, 0.5) is 4.39 Å². The number of fused-ring (bicyclic) bond motifs is 1. The maximum Gasteiger partial charge on any atom is 0.131 e. The van der Waals surface area contributed by atoms with Gasteiger partial charge in [0.25, 0.3) is 0 Å². The van der Waals surface area contributed by atoms with Gasteiger partial charge in [0.2, 0.25) is 0 Å². The molecule has 1 N–H and O–H groups in total. The van der Waals surface area contributed by atoms with Crippen molar-refractivity contribution < 1.29 is 14.2 Å². The highest BCUT2D eigenvalue weighted by molar-refractivity contribution is 8.14. The Morgan fingerprint density at radius 1 is 1.35 bits per heavy atom. The van der Waals surface area contributed by atoms with Crippen LogP contribution in [0.1, 0.15) is 42.6 Å². The highest BCUT2D eigenvalue weighted by Gasteiger charge is 2.55. The van der Waals surface area contributed by atoms with Crippen molar-refractivity contribution in [2.75, 3.05) is 6.26 Å². The number of hydrogen-bond acceptors (Lipinski definition) is 3. The van der Waals surface area contributed by atoms with Crippen molar-refractivity contribution in [3.8, 4) is 17.6 Å². The van der Waals surface area contributed by atoms with Gasteiger partial charge in [-0.25, -0.2) is 4.39 Å². The molecule has 3 nitrogen and oxygen atoms in total. The lowest BCUT2D eigenvalue weighted by atomic mass is 10.0. The van der Waals surface area contributed by atoms with E-state index in [2.05, 4.69) is 11.6 Å². The molecule has 5 heteroatoms. The molecule has 2 atom stereocenters. The maximum atomic E-state index is 13.7. The normalized spacial score (nSPS) is 20.7. The van der Waals surface area contributed by atoms with Crippen LogP contribution in [-0.4, -0.2) is 16.7 Å². The van der Waals surface area contributed by atoms with Gasteiger partial charge in [-0.1, -0.05) is 5.37 Å². The van der Waals surface area contributed by atoms with Crippen LogP contribution in [0.5, 0.6) is 11.5 Å². The van der Waals surface area contributed by atoms with Crippen LogP contribution in [0.2, 0.25) is 0 Å². The lowest BCUT2D eigenvalue weighted by Crippen LogP contribution is -2.07. The highest BCUT2D eigenvalue weighted by Crippen LogP contribution is 2.64. The first-order chi connectivity index (χ1) is 12.5. The molecule has 4 rings (SSSR count). The Morgan fingerprint density at radius 3 is 2.77 bits per heavy atom. The molecule has 134 valence electrons. The molecule has 0 radical (unpaired) electrons. The summed E-state index contributed by atoms with van der Waals surface area (Å²) >= 11 is 0. The van der Waals surface area contributed by atoms with Crippen molar-refractivity contribution in [3.63, 3.8) is 0 Å². The minimum atomic E-state index is -0.498. The van der Waals surface area contributed by atoms with Crippen LogP contribution in [0.3, 0.4) is 0 Å². The lowest BCUT2D eigenvalue weighted by molar-refractivity contribution is 0.107. The third-order valence-corrected chi connectivity index (χ3v) is 7.23. The molecule has 2 aliphatic carbocycles. The van der Waals surface area contributed by atoms with Crippen molar-refractivity contribution in [2.24, 2.45) is 5.41 Å². The van der Waals surface area contributed by atoms with Crippen LogP contribution in [0.25, 0.3) is 0 Å². The van der Waals surface area contributed by atoms with Crippen molar-refractivity contribution in [2.45, 2.75) is 37.2 Å². The van der Waals surface area contributed by atoms with E-state index in [0.29, 0.717) is 11.5 Å². The Bertz CT molecular complexity index is 973. The van der Waals surface area contributed by atoms with E-state index in [9.17, 15) is 9.50 Å². The Kier molecular flexibility index (Phi) is 4.13. The molecule has 2 aliphatic rings. The Balaban J connectivity index is 1.80. The van der Waals surface area contributed by atoms with Crippen molar-refractivity contribution in [1.82, 2.24) is 0 Å². The number of nitrogens with zero attached hydrogens (tertiary/aromatic N) is 1. The van der Waals surface area contributed by atoms with E-state index in [0.717, 1.165) is 35.3 Å². The highest BCUT2D eigenvalue weighted by atomic mass is 32.2. The van der Waals surface area contributed by atoms with Crippen LogP contribution in [-0.2, 0) is 6.42 Å². The lowest BCUT2D eigenvalue weighted by Gasteiger charge is -2.17. The van der Waals surface area contributed by atoms with Crippen molar-refractivity contribution in [1.29, 1.82) is 5.26 Å². The first-order valence-electron chi connectivity index (χ1n) is 8.64. The Hall–Kier alpha value is -2.16. The molecule has 26 heavy (non-hydrogen) atoms. The zero-order chi connectivity index (χ0) is 18.5. The number of nitriles is 1. The summed E-state index contributed by atoms with van der Waals surface area (Å²) in [6.45, 7) is 2.03. The van der Waals surface area contributed by atoms with Gasteiger partial charge in [-0.2, -0.15) is 15.7 Å². The molecule has 1 fully saturated rings. The van der Waals surface area contributed by atoms with Crippen molar-refractivity contribution in [3.05, 3.63) is 52.8 Å². The summed E-state index contributed by atoms with van der Waals surface area (Å²) in [5.74, 6) is 0.455. The van der Waals surface area contributed by atoms with Gasteiger partial charge >= 0.3 is 0 Å². The van der Waals surface area contributed by atoms with E-state index in [1.807, 2.05) is 25.1 Å². The van der Waals surface area contributed by atoms with E-state index in [1.54, 1.807) is 0 Å². The van der Waals surface area contributed by atoms with E-state index in [1.165, 1.54) is 18.2 Å². The average Bonchev–Trinajstić information content (AvgIpc) is 3.35. The second-order valence-corrected chi connectivity index (χ2v) is 9.11. The molecule has 0 heterocycles. The van der Waals surface area contributed by atoms with Crippen molar-refractivity contribution >= 4 is 15.9 Å². The monoisotopic (exact) mass is 369 g/mol. The van der Waals surface area contributed by atoms with E-state index in [4.69, 9.17) is 10.00 Å². The molecular weight excluding hydrogens is 349 g/mol. The third kappa shape index (κ3) is 2.74. The number of rotatable bonds is 3. The van der Waals surface area contributed by atoms with Gasteiger partial charge in [-0.15, -0.1) is 0 Å². The molecule has 1 saturated carbocycles. The minimum absolute atomic E-state index is 0.0474. The zero-order valence-corrected chi connectivity index (χ0v) is 15.6. The molecule has 1 spiro atoms. The van der Waals surface area contributed by atoms with E-state index < -0.39 is 11.9 Å². The van der Waals surface area contributed by atoms with Crippen LogP contribution >= 0.6 is 10.5 Å². The maximum absolute atomic E-state index is 13.7. The summed E-state index contributed by atoms with van der Waals surface area (Å²) in [6, 6.07) is 9.86. The zero-order valence-electron chi connectivity index (χ0n) is 14.8. The number of benzene rings is 2.